The molecule has 65 heavy (non-hydrogen) atoms. The number of ketones is 3. The van der Waals surface area contributed by atoms with Gasteiger partial charge in [0, 0.05) is 86.2 Å². The molecule has 1 aromatic heterocycles. The number of aromatic nitrogens is 1. The van der Waals surface area contributed by atoms with Crippen LogP contribution < -0.4 is 37.7 Å². The fourth-order valence-corrected chi connectivity index (χ4v) is 7.98. The van der Waals surface area contributed by atoms with Crippen LogP contribution in [-0.2, 0) is 31.0 Å². The summed E-state index contributed by atoms with van der Waals surface area (Å²) in [6.45, 7) is 8.79. The predicted molar refractivity (Wildman–Crippen MR) is 250 cm³/mol. The van der Waals surface area contributed by atoms with E-state index in [0.29, 0.717) is 39.4 Å². The summed E-state index contributed by atoms with van der Waals surface area (Å²) < 4.78 is 12.2. The number of carbonyl (C=O) groups excluding carboxylic acids is 5. The monoisotopic (exact) mass is 886 g/mol. The number of hydrogen-bond acceptors (Lipinski definition) is 13. The third-order valence-electron chi connectivity index (χ3n) is 11.6. The first-order chi connectivity index (χ1) is 31.0. The Balaban J connectivity index is 1.55. The Bertz CT molecular complexity index is 2410. The van der Waals surface area contributed by atoms with Crippen molar-refractivity contribution in [2.24, 2.45) is 29.0 Å². The van der Waals surface area contributed by atoms with Crippen LogP contribution in [0.2, 0.25) is 0 Å². The van der Waals surface area contributed by atoms with Gasteiger partial charge in [-0.2, -0.15) is 5.26 Å². The van der Waals surface area contributed by atoms with Crippen molar-refractivity contribution in [1.82, 2.24) is 15.2 Å². The second-order valence-corrected chi connectivity index (χ2v) is 17.6. The average molecular weight is 887 g/mol. The number of ether oxygens (including phenoxy) is 2. The Morgan fingerprint density at radius 1 is 0.908 bits per heavy atom. The van der Waals surface area contributed by atoms with Crippen molar-refractivity contribution >= 4 is 34.9 Å². The summed E-state index contributed by atoms with van der Waals surface area (Å²) in [5, 5.41) is 12.1. The molecule has 0 saturated heterocycles. The first-order valence-electron chi connectivity index (χ1n) is 22.0. The SMILES string of the molecule is C[C@@H]1CC(=O)[C@@H](N(C)C(=O)[C@H](CCN)CC(=O)c2cnc(-c3ccc(C(C)(C)C)cc3)cc2N)c2ccc(OCCN)c(c2)-c2cc(ccc2OCCN)C[C@@H](C(=O)CCC#N)NC1=O. The molecule has 0 spiro atoms. The molecule has 2 amide bonds. The Morgan fingerprint density at radius 2 is 1.55 bits per heavy atom. The van der Waals surface area contributed by atoms with E-state index >= 15 is 0 Å². The van der Waals surface area contributed by atoms with Crippen molar-refractivity contribution in [2.75, 3.05) is 45.6 Å². The quantitative estimate of drug-likeness (QED) is 0.0854. The lowest BCUT2D eigenvalue weighted by molar-refractivity contribution is -0.142. The zero-order chi connectivity index (χ0) is 47.4. The summed E-state index contributed by atoms with van der Waals surface area (Å²) in [5.74, 6) is -3.33. The number of hydrogen-bond donors (Lipinski definition) is 5. The van der Waals surface area contributed by atoms with Gasteiger partial charge in [0.1, 0.15) is 30.8 Å². The van der Waals surface area contributed by atoms with E-state index in [1.54, 1.807) is 43.3 Å². The standard InChI is InChI=1S/C50H62N8O7/c1-30-23-44(61)47(58(5)49(63)34(16-18-52)27-43(60)38-29-56-40(28-39(38)55)32-9-12-35(13-10-32)50(2,3)4)33-11-15-46(65-22-20-54)37(26-33)36-24-31(8-14-45(36)64-21-19-53)25-41(57-48(30)62)42(59)7-6-17-51/h8-15,24,26,28-30,34,41,47H,6-7,16,18-23,25,27,52-54H2,1-5H3,(H2,55,56)(H,57,62)/t30-,34-,41+,47+/m1/s1. The molecule has 2 heterocycles. The number of nitrogen functional groups attached to an aromatic ring is 1. The van der Waals surface area contributed by atoms with E-state index in [-0.39, 0.29) is 93.8 Å². The molecule has 1 aliphatic rings. The second kappa shape index (κ2) is 22.4. The van der Waals surface area contributed by atoms with Crippen molar-refractivity contribution in [2.45, 2.75) is 83.7 Å². The number of amides is 2. The summed E-state index contributed by atoms with van der Waals surface area (Å²) >= 11 is 0. The molecule has 9 N–H and O–H groups in total. The van der Waals surface area contributed by atoms with Crippen LogP contribution in [0.4, 0.5) is 5.69 Å². The lowest BCUT2D eigenvalue weighted by Gasteiger charge is -2.32. The van der Waals surface area contributed by atoms with Crippen LogP contribution >= 0.6 is 0 Å². The van der Waals surface area contributed by atoms with Crippen molar-refractivity contribution in [3.63, 3.8) is 0 Å². The molecule has 0 radical (unpaired) electrons. The van der Waals surface area contributed by atoms with Gasteiger partial charge >= 0.3 is 0 Å². The lowest BCUT2D eigenvalue weighted by atomic mass is 9.86. The van der Waals surface area contributed by atoms with E-state index in [4.69, 9.17) is 32.4 Å². The zero-order valence-electron chi connectivity index (χ0n) is 38.0. The first kappa shape index (κ1) is 49.5. The molecule has 3 aromatic carbocycles. The summed E-state index contributed by atoms with van der Waals surface area (Å²) in [7, 11) is 1.49. The minimum Gasteiger partial charge on any atom is -0.492 e. The van der Waals surface area contributed by atoms with E-state index in [1.807, 2.05) is 36.4 Å². The molecule has 4 bridgehead atoms. The highest BCUT2D eigenvalue weighted by atomic mass is 16.5. The predicted octanol–water partition coefficient (Wildman–Crippen LogP) is 5.22. The highest BCUT2D eigenvalue weighted by Crippen LogP contribution is 2.41. The Morgan fingerprint density at radius 3 is 2.15 bits per heavy atom. The van der Waals surface area contributed by atoms with Gasteiger partial charge in [-0.15, -0.1) is 0 Å². The maximum absolute atomic E-state index is 14.7. The zero-order valence-corrected chi connectivity index (χ0v) is 38.0. The number of nitriles is 1. The maximum Gasteiger partial charge on any atom is 0.226 e. The smallest absolute Gasteiger partial charge is 0.226 e. The molecule has 5 rings (SSSR count). The van der Waals surface area contributed by atoms with Gasteiger partial charge in [0.15, 0.2) is 17.3 Å². The van der Waals surface area contributed by atoms with Crippen molar-refractivity contribution < 1.29 is 33.4 Å². The molecular weight excluding hydrogens is 825 g/mol. The number of likely N-dealkylation sites (N-methyl/N-ethyl adjacent to an activating group) is 1. The van der Waals surface area contributed by atoms with Crippen LogP contribution in [0.5, 0.6) is 11.5 Å². The van der Waals surface area contributed by atoms with Gasteiger partial charge in [-0.25, -0.2) is 0 Å². The van der Waals surface area contributed by atoms with Gasteiger partial charge in [0.05, 0.1) is 23.4 Å². The van der Waals surface area contributed by atoms with E-state index in [1.165, 1.54) is 18.1 Å². The molecule has 0 unspecified atom stereocenters. The summed E-state index contributed by atoms with van der Waals surface area (Å²) in [5.41, 5.74) is 29.2. The van der Waals surface area contributed by atoms with Crippen molar-refractivity contribution in [3.05, 3.63) is 95.2 Å². The number of anilines is 1. The molecule has 0 saturated carbocycles. The number of pyridine rings is 1. The van der Waals surface area contributed by atoms with Gasteiger partial charge in [-0.1, -0.05) is 64.1 Å². The van der Waals surface area contributed by atoms with E-state index in [2.05, 4.69) is 31.1 Å². The molecule has 4 aromatic rings. The lowest BCUT2D eigenvalue weighted by Crippen LogP contribution is -2.46. The molecule has 4 atom stereocenters. The number of benzene rings is 3. The van der Waals surface area contributed by atoms with Gasteiger partial charge in [0.2, 0.25) is 11.8 Å². The number of nitrogens with one attached hydrogen (secondary N) is 1. The molecular formula is C50H62N8O7. The number of nitrogens with zero attached hydrogens (tertiary/aromatic N) is 3. The van der Waals surface area contributed by atoms with Crippen molar-refractivity contribution in [3.8, 4) is 40.0 Å². The molecule has 0 fully saturated rings. The first-order valence-corrected chi connectivity index (χ1v) is 22.0. The van der Waals surface area contributed by atoms with E-state index in [9.17, 15) is 29.2 Å². The third kappa shape index (κ3) is 12.4. The van der Waals surface area contributed by atoms with Gasteiger partial charge in [0.25, 0.3) is 0 Å². The molecule has 344 valence electrons. The van der Waals surface area contributed by atoms with Crippen LogP contribution in [-0.4, -0.2) is 85.0 Å². The molecule has 15 nitrogen and oxygen atoms in total. The second-order valence-electron chi connectivity index (χ2n) is 17.6. The highest BCUT2D eigenvalue weighted by molar-refractivity contribution is 6.03. The Kier molecular flexibility index (Phi) is 17.1. The fourth-order valence-electron chi connectivity index (χ4n) is 7.98. The fraction of sp³-hybridized carbons (Fsp3) is 0.420. The summed E-state index contributed by atoms with van der Waals surface area (Å²) in [4.78, 5) is 76.5. The van der Waals surface area contributed by atoms with Crippen LogP contribution in [0.1, 0.15) is 92.9 Å². The summed E-state index contributed by atoms with van der Waals surface area (Å²) in [6.07, 6.45) is 0.944. The van der Waals surface area contributed by atoms with Gasteiger partial charge < -0.3 is 42.6 Å². The van der Waals surface area contributed by atoms with Crippen LogP contribution in [0.15, 0.2) is 72.9 Å². The van der Waals surface area contributed by atoms with Crippen LogP contribution in [0, 0.1) is 23.2 Å². The topological polar surface area (TPSA) is 260 Å². The van der Waals surface area contributed by atoms with Crippen molar-refractivity contribution in [1.29, 1.82) is 5.26 Å². The maximum atomic E-state index is 14.7. The van der Waals surface area contributed by atoms with Crippen LogP contribution in [0.25, 0.3) is 22.4 Å². The Labute approximate surface area is 381 Å². The number of Topliss-reactive ketones (excluding diaryl/α,β-unsaturated/α-hetero) is 3. The minimum absolute atomic E-state index is 0.0307. The minimum atomic E-state index is -1.25. The molecule has 0 aliphatic carbocycles. The van der Waals surface area contributed by atoms with Gasteiger partial charge in [-0.05, 0) is 71.8 Å². The normalized spacial score (nSPS) is 16.9. The van der Waals surface area contributed by atoms with Gasteiger partial charge in [-0.3, -0.25) is 29.0 Å². The number of rotatable bonds is 17. The highest BCUT2D eigenvalue weighted by Gasteiger charge is 2.36. The third-order valence-corrected chi connectivity index (χ3v) is 11.6. The van der Waals surface area contributed by atoms with Crippen LogP contribution in [0.3, 0.4) is 0 Å². The number of fused-ring (bicyclic) bond motifs is 5. The van der Waals surface area contributed by atoms with E-state index < -0.39 is 47.3 Å². The molecule has 1 aliphatic heterocycles. The van der Waals surface area contributed by atoms with E-state index in [0.717, 1.165) is 11.1 Å². The number of carbonyl (C=O) groups is 5. The number of nitrogens with two attached hydrogens (primary N) is 4. The molecule has 15 heteroatoms. The Hall–Kier alpha value is -6.47. The summed E-state index contributed by atoms with van der Waals surface area (Å²) in [6, 6.07) is 19.8. The largest absolute Gasteiger partial charge is 0.492 e. The average Bonchev–Trinajstić information content (AvgIpc) is 3.28.